The lowest BCUT2D eigenvalue weighted by atomic mass is 10.00. The minimum Gasteiger partial charge on any atom is -0.380 e. The van der Waals surface area contributed by atoms with Crippen LogP contribution >= 0.6 is 11.6 Å². The SMILES string of the molecule is CCC(C)(C)Nc1c(NCCCCCc2ccc(C#N)cc2Cl)c(=O)c1=O. The minimum atomic E-state index is -0.436. The number of aryl methyl sites for hydroxylation is 1. The number of nitriles is 1. The Kier molecular flexibility index (Phi) is 7.04. The molecule has 0 aliphatic rings. The highest BCUT2D eigenvalue weighted by Gasteiger charge is 2.25. The molecule has 27 heavy (non-hydrogen) atoms. The van der Waals surface area contributed by atoms with Gasteiger partial charge in [-0.2, -0.15) is 5.26 Å². The van der Waals surface area contributed by atoms with Gasteiger partial charge in [0.05, 0.1) is 11.6 Å². The Hall–Kier alpha value is -2.32. The number of unbranched alkanes of at least 4 members (excludes halogenated alkanes) is 2. The van der Waals surface area contributed by atoms with Crippen LogP contribution in [0.1, 0.15) is 57.6 Å². The number of hydrogen-bond acceptors (Lipinski definition) is 5. The summed E-state index contributed by atoms with van der Waals surface area (Å²) in [4.78, 5) is 23.6. The number of rotatable bonds is 10. The molecule has 2 aromatic carbocycles. The van der Waals surface area contributed by atoms with Crippen molar-refractivity contribution in [3.8, 4) is 6.07 Å². The Morgan fingerprint density at radius 2 is 1.81 bits per heavy atom. The van der Waals surface area contributed by atoms with Crippen molar-refractivity contribution in [3.63, 3.8) is 0 Å². The molecule has 0 fully saturated rings. The molecule has 0 saturated heterocycles. The molecule has 2 rings (SSSR count). The standard InChI is InChI=1S/C21H26ClN3O2/c1-4-21(2,3)25-18-17(19(26)20(18)27)24-11-7-5-6-8-15-10-9-14(13-23)12-16(15)22/h9-10,12,24-25H,4-8,11H2,1-3H3. The molecule has 0 atom stereocenters. The maximum absolute atomic E-state index is 11.8. The molecule has 144 valence electrons. The van der Waals surface area contributed by atoms with E-state index in [0.717, 1.165) is 37.7 Å². The highest BCUT2D eigenvalue weighted by atomic mass is 35.5. The van der Waals surface area contributed by atoms with Crippen LogP contribution in [-0.2, 0) is 6.42 Å². The van der Waals surface area contributed by atoms with E-state index in [0.29, 0.717) is 28.5 Å². The third-order valence-electron chi connectivity index (χ3n) is 4.86. The van der Waals surface area contributed by atoms with Gasteiger partial charge in [-0.05, 0) is 57.2 Å². The van der Waals surface area contributed by atoms with Crippen molar-refractivity contribution in [1.29, 1.82) is 5.26 Å². The van der Waals surface area contributed by atoms with Crippen molar-refractivity contribution in [2.45, 2.75) is 58.4 Å². The molecule has 0 heterocycles. The van der Waals surface area contributed by atoms with Crippen LogP contribution in [-0.4, -0.2) is 12.1 Å². The van der Waals surface area contributed by atoms with Crippen LogP contribution in [0.15, 0.2) is 27.8 Å². The fraction of sp³-hybridized carbons (Fsp3) is 0.476. The van der Waals surface area contributed by atoms with Crippen molar-refractivity contribution in [2.24, 2.45) is 0 Å². The topological polar surface area (TPSA) is 82.0 Å². The van der Waals surface area contributed by atoms with E-state index in [1.165, 1.54) is 0 Å². The number of hydrogen-bond donors (Lipinski definition) is 2. The molecule has 6 heteroatoms. The maximum atomic E-state index is 11.8. The number of halogens is 1. The van der Waals surface area contributed by atoms with Crippen molar-refractivity contribution in [1.82, 2.24) is 0 Å². The Morgan fingerprint density at radius 3 is 2.44 bits per heavy atom. The second-order valence-corrected chi connectivity index (χ2v) is 7.83. The average Bonchev–Trinajstić information content (AvgIpc) is 2.66. The van der Waals surface area contributed by atoms with Crippen molar-refractivity contribution in [2.75, 3.05) is 17.2 Å². The Balaban J connectivity index is 1.77. The summed E-state index contributed by atoms with van der Waals surface area (Å²) in [6.45, 7) is 6.68. The van der Waals surface area contributed by atoms with E-state index >= 15 is 0 Å². The largest absolute Gasteiger partial charge is 0.380 e. The highest BCUT2D eigenvalue weighted by Crippen LogP contribution is 2.22. The zero-order valence-electron chi connectivity index (χ0n) is 16.1. The van der Waals surface area contributed by atoms with Crippen LogP contribution in [0.3, 0.4) is 0 Å². The summed E-state index contributed by atoms with van der Waals surface area (Å²) in [5.74, 6) is 0. The predicted octanol–water partition coefficient (Wildman–Crippen LogP) is 4.23. The van der Waals surface area contributed by atoms with Gasteiger partial charge in [0, 0.05) is 17.1 Å². The molecule has 0 spiro atoms. The van der Waals surface area contributed by atoms with Crippen molar-refractivity contribution in [3.05, 3.63) is 54.8 Å². The van der Waals surface area contributed by atoms with Gasteiger partial charge in [0.1, 0.15) is 11.4 Å². The quantitative estimate of drug-likeness (QED) is 0.470. The van der Waals surface area contributed by atoms with Crippen LogP contribution in [0, 0.1) is 11.3 Å². The molecule has 5 nitrogen and oxygen atoms in total. The van der Waals surface area contributed by atoms with Crippen LogP contribution in [0.25, 0.3) is 0 Å². The van der Waals surface area contributed by atoms with Gasteiger partial charge in [-0.3, -0.25) is 9.59 Å². The second kappa shape index (κ2) is 9.05. The first-order valence-electron chi connectivity index (χ1n) is 9.33. The monoisotopic (exact) mass is 387 g/mol. The Labute approximate surface area is 165 Å². The Bertz CT molecular complexity index is 905. The first-order chi connectivity index (χ1) is 12.8. The van der Waals surface area contributed by atoms with Gasteiger partial charge < -0.3 is 10.6 Å². The van der Waals surface area contributed by atoms with Gasteiger partial charge in [0.25, 0.3) is 10.9 Å². The van der Waals surface area contributed by atoms with Gasteiger partial charge in [-0.1, -0.05) is 31.0 Å². The molecule has 0 saturated carbocycles. The van der Waals surface area contributed by atoms with Crippen LogP contribution in [0.4, 0.5) is 11.4 Å². The van der Waals surface area contributed by atoms with Gasteiger partial charge in [-0.25, -0.2) is 0 Å². The third-order valence-corrected chi connectivity index (χ3v) is 5.22. The molecular formula is C21H26ClN3O2. The number of nitrogens with zero attached hydrogens (tertiary/aromatic N) is 1. The van der Waals surface area contributed by atoms with E-state index < -0.39 is 10.9 Å². The minimum absolute atomic E-state index is 0.223. The van der Waals surface area contributed by atoms with E-state index in [-0.39, 0.29) is 5.54 Å². The van der Waals surface area contributed by atoms with Gasteiger partial charge >= 0.3 is 0 Å². The van der Waals surface area contributed by atoms with E-state index in [1.54, 1.807) is 12.1 Å². The maximum Gasteiger partial charge on any atom is 0.253 e. The molecule has 0 amide bonds. The summed E-state index contributed by atoms with van der Waals surface area (Å²) in [6.07, 6.45) is 4.53. The van der Waals surface area contributed by atoms with Crippen LogP contribution < -0.4 is 21.5 Å². The molecule has 0 aliphatic heterocycles. The van der Waals surface area contributed by atoms with Crippen LogP contribution in [0.2, 0.25) is 5.02 Å². The normalized spacial score (nSPS) is 11.4. The Morgan fingerprint density at radius 1 is 1.11 bits per heavy atom. The molecule has 0 radical (unpaired) electrons. The second-order valence-electron chi connectivity index (χ2n) is 7.43. The summed E-state index contributed by atoms with van der Waals surface area (Å²) in [5.41, 5.74) is 1.34. The van der Waals surface area contributed by atoms with Gasteiger partial charge in [0.15, 0.2) is 0 Å². The number of anilines is 2. The van der Waals surface area contributed by atoms with E-state index in [4.69, 9.17) is 16.9 Å². The summed E-state index contributed by atoms with van der Waals surface area (Å²) >= 11 is 6.18. The molecule has 0 unspecified atom stereocenters. The lowest BCUT2D eigenvalue weighted by molar-refractivity contribution is 0.546. The third kappa shape index (κ3) is 5.33. The summed E-state index contributed by atoms with van der Waals surface area (Å²) in [7, 11) is 0. The molecular weight excluding hydrogens is 362 g/mol. The van der Waals surface area contributed by atoms with E-state index in [1.807, 2.05) is 26.8 Å². The predicted molar refractivity (Wildman–Crippen MR) is 112 cm³/mol. The van der Waals surface area contributed by atoms with Crippen molar-refractivity contribution >= 4 is 23.0 Å². The van der Waals surface area contributed by atoms with E-state index in [2.05, 4.69) is 16.7 Å². The highest BCUT2D eigenvalue weighted by molar-refractivity contribution is 6.31. The lowest BCUT2D eigenvalue weighted by Crippen LogP contribution is -2.42. The smallest absolute Gasteiger partial charge is 0.253 e. The number of benzene rings is 1. The lowest BCUT2D eigenvalue weighted by Gasteiger charge is -2.27. The van der Waals surface area contributed by atoms with Crippen LogP contribution in [0.5, 0.6) is 0 Å². The van der Waals surface area contributed by atoms with Gasteiger partial charge in [-0.15, -0.1) is 0 Å². The fourth-order valence-corrected chi connectivity index (χ4v) is 3.03. The zero-order valence-corrected chi connectivity index (χ0v) is 16.9. The molecule has 0 aromatic heterocycles. The molecule has 0 bridgehead atoms. The first kappa shape index (κ1) is 21.0. The molecule has 2 N–H and O–H groups in total. The zero-order chi connectivity index (χ0) is 20.0. The molecule has 0 aliphatic carbocycles. The van der Waals surface area contributed by atoms with Gasteiger partial charge in [0.2, 0.25) is 0 Å². The van der Waals surface area contributed by atoms with E-state index in [9.17, 15) is 9.59 Å². The summed E-state index contributed by atoms with van der Waals surface area (Å²) in [6, 6.07) is 7.44. The van der Waals surface area contributed by atoms with Crippen molar-refractivity contribution < 1.29 is 0 Å². The number of nitrogens with one attached hydrogen (secondary N) is 2. The fourth-order valence-electron chi connectivity index (χ4n) is 2.76. The summed E-state index contributed by atoms with van der Waals surface area (Å²) < 4.78 is 0. The summed E-state index contributed by atoms with van der Waals surface area (Å²) in [5, 5.41) is 15.8. The molecule has 2 aromatic rings. The first-order valence-corrected chi connectivity index (χ1v) is 9.70. The average molecular weight is 388 g/mol.